The van der Waals surface area contributed by atoms with Gasteiger partial charge in [-0.1, -0.05) is 95.2 Å². The van der Waals surface area contributed by atoms with Crippen molar-refractivity contribution in [3.63, 3.8) is 0 Å². The number of hydrogen-bond acceptors (Lipinski definition) is 17. The van der Waals surface area contributed by atoms with Gasteiger partial charge in [0.15, 0.2) is 6.04 Å². The predicted molar refractivity (Wildman–Crippen MR) is 367 cm³/mol. The molecule has 2 aliphatic heterocycles. The molecular weight excluding hydrogens is 1270 g/mol. The maximum absolute atomic E-state index is 15.5. The van der Waals surface area contributed by atoms with Crippen molar-refractivity contribution in [2.24, 2.45) is 35.0 Å². The highest BCUT2D eigenvalue weighted by Crippen LogP contribution is 2.35. The van der Waals surface area contributed by atoms with Crippen molar-refractivity contribution in [1.29, 1.82) is 0 Å². The Bertz CT molecular complexity index is 2860. The Balaban J connectivity index is 2.75. The van der Waals surface area contributed by atoms with Gasteiger partial charge in [-0.3, -0.25) is 57.7 Å². The smallest absolute Gasteiger partial charge is 0.410 e. The van der Waals surface area contributed by atoms with Gasteiger partial charge in [-0.05, 0) is 117 Å². The molecule has 0 aromatic rings. The average molecular weight is 1390 g/mol. The fraction of sp³-hybridized carbons (Fsp3) is 0.783. The number of amides is 12. The van der Waals surface area contributed by atoms with Gasteiger partial charge in [0.25, 0.3) is 5.91 Å². The third-order valence-corrected chi connectivity index (χ3v) is 18.3. The summed E-state index contributed by atoms with van der Waals surface area (Å²) in [4.78, 5) is 202. The van der Waals surface area contributed by atoms with Gasteiger partial charge in [0.05, 0.1) is 7.11 Å². The number of carbonyl (C=O) groups is 13. The lowest BCUT2D eigenvalue weighted by molar-refractivity contribution is -0.321. The molecule has 12 amide bonds. The second-order valence-electron chi connectivity index (χ2n) is 29.6. The van der Waals surface area contributed by atoms with Crippen molar-refractivity contribution in [2.75, 3.05) is 63.1 Å². The van der Waals surface area contributed by atoms with E-state index in [0.717, 1.165) is 14.9 Å². The molecular formula is C69H120N12O17. The number of hydrogen-bond donors (Lipinski definition) is 4. The molecule has 0 bridgehead atoms. The monoisotopic (exact) mass is 1390 g/mol. The first-order chi connectivity index (χ1) is 45.1. The normalized spacial score (nSPS) is 21.2. The van der Waals surface area contributed by atoms with E-state index in [0.29, 0.717) is 6.42 Å². The third kappa shape index (κ3) is 22.0. The van der Waals surface area contributed by atoms with Crippen LogP contribution in [0.25, 0.3) is 0 Å². The molecule has 0 aromatic carbocycles. The molecule has 98 heavy (non-hydrogen) atoms. The zero-order chi connectivity index (χ0) is 75.8. The van der Waals surface area contributed by atoms with Crippen LogP contribution in [0.3, 0.4) is 0 Å². The van der Waals surface area contributed by atoms with Crippen molar-refractivity contribution < 1.29 is 81.4 Å². The van der Waals surface area contributed by atoms with Crippen LogP contribution in [0.1, 0.15) is 171 Å². The van der Waals surface area contributed by atoms with Crippen molar-refractivity contribution >= 4 is 77.2 Å². The number of carbonyl (C=O) groups excluding carboxylic acids is 13. The largest absolute Gasteiger partial charge is 0.467 e. The molecule has 0 saturated carbocycles. The van der Waals surface area contributed by atoms with Crippen LogP contribution in [0.5, 0.6) is 0 Å². The number of nitrogens with one attached hydrogen (secondary N) is 4. The summed E-state index contributed by atoms with van der Waals surface area (Å²) in [6, 6.07) is -15.1. The summed E-state index contributed by atoms with van der Waals surface area (Å²) in [7, 11) is 10.9. The Kier molecular flexibility index (Phi) is 32.7. The Morgan fingerprint density at radius 2 is 1.31 bits per heavy atom. The number of methoxy groups -OCH3 is 1. The van der Waals surface area contributed by atoms with Crippen molar-refractivity contribution in [3.8, 4) is 0 Å². The van der Waals surface area contributed by atoms with Crippen LogP contribution in [-0.2, 0) is 71.8 Å². The summed E-state index contributed by atoms with van der Waals surface area (Å²) in [5.74, 6) is -9.75. The first-order valence-corrected chi connectivity index (χ1v) is 34.2. The topological polar surface area (TPSA) is 333 Å². The van der Waals surface area contributed by atoms with Gasteiger partial charge in [-0.15, -0.1) is 0 Å². The molecule has 0 aliphatic carbocycles. The lowest BCUT2D eigenvalue weighted by Gasteiger charge is -2.50. The van der Waals surface area contributed by atoms with E-state index < -0.39 is 185 Å². The fourth-order valence-electron chi connectivity index (χ4n) is 12.4. The van der Waals surface area contributed by atoms with Gasteiger partial charge in [0.2, 0.25) is 53.2 Å². The molecule has 29 heteroatoms. The van der Waals surface area contributed by atoms with Crippen LogP contribution in [0.2, 0.25) is 0 Å². The predicted octanol–water partition coefficient (Wildman–Crippen LogP) is 4.34. The van der Waals surface area contributed by atoms with Crippen LogP contribution in [0, 0.1) is 35.0 Å². The number of hydroxylamine groups is 2. The van der Waals surface area contributed by atoms with Crippen LogP contribution in [0.15, 0.2) is 12.2 Å². The van der Waals surface area contributed by atoms with Gasteiger partial charge >= 0.3 is 18.2 Å². The first kappa shape index (κ1) is 86.5. The highest BCUT2D eigenvalue weighted by molar-refractivity contribution is 6.00. The summed E-state index contributed by atoms with van der Waals surface area (Å²) >= 11 is 0. The van der Waals surface area contributed by atoms with Gasteiger partial charge in [-0.2, -0.15) is 0 Å². The first-order valence-electron chi connectivity index (χ1n) is 34.2. The van der Waals surface area contributed by atoms with Gasteiger partial charge < -0.3 is 64.9 Å². The standard InChI is InChI=1S/C69H120N12O17/c1-29-31-32-41(11)53-52(56(83)72-46(30-2)65(92)95-28)81(98-53)64(91)51(40(9)10)78(26)62(89)49-35-42(12)80(45(15)60(87)76(24)48(34-38(5)6)61(88)77(49)25)58(85)43(13)71-55(82)47(33-37(3)4)75(23)63(90)50(39(7)8)73-57(84)54(69(19,20)36-96-66(93)70-21)79(27)59(86)44(14)74(22)67(94)97-68(16,17)18/h29,31,37-54H,30,32-36H2,1-28H3,(H,70,93)(H,71,82)(H,72,83)(H,73,84)/b31-29-/t41-,42?,43+,44-,45+,46+,47-,48-,49-,50+,51+,52-,53+,54-/m0/s1. The molecule has 2 heterocycles. The molecule has 2 fully saturated rings. The number of alkyl carbamates (subject to hydrolysis) is 1. The second kappa shape index (κ2) is 37.0. The number of rotatable bonds is 29. The molecule has 0 spiro atoms. The highest BCUT2D eigenvalue weighted by Gasteiger charge is 2.55. The number of esters is 1. The van der Waals surface area contributed by atoms with E-state index in [-0.39, 0.29) is 43.4 Å². The fourth-order valence-corrected chi connectivity index (χ4v) is 12.4. The van der Waals surface area contributed by atoms with Crippen LogP contribution >= 0.6 is 0 Å². The van der Waals surface area contributed by atoms with Crippen LogP contribution in [-0.4, -0.2) is 264 Å². The number of allylic oxidation sites excluding steroid dienone is 2. The molecule has 2 aliphatic rings. The molecule has 4 N–H and O–H groups in total. The minimum absolute atomic E-state index is 0.0534. The minimum Gasteiger partial charge on any atom is -0.467 e. The molecule has 2 rings (SSSR count). The molecule has 0 radical (unpaired) electrons. The number of likely N-dealkylation sites (N-methyl/N-ethyl adjacent to an activating group) is 6. The van der Waals surface area contributed by atoms with Gasteiger partial charge in [0, 0.05) is 60.8 Å². The van der Waals surface area contributed by atoms with E-state index in [2.05, 4.69) is 21.3 Å². The number of nitrogens with zero attached hydrogens (tertiary/aromatic N) is 8. The Labute approximate surface area is 582 Å². The molecule has 14 atom stereocenters. The summed E-state index contributed by atoms with van der Waals surface area (Å²) in [5, 5.41) is 11.6. The maximum atomic E-state index is 15.5. The van der Waals surface area contributed by atoms with Crippen molar-refractivity contribution in [3.05, 3.63) is 12.2 Å². The molecule has 558 valence electrons. The summed E-state index contributed by atoms with van der Waals surface area (Å²) in [5.41, 5.74) is -2.25. The SMILES string of the molecule is C/C=C\C[C@H](C)[C@H]1ON(C(=O)[C@@H](C(C)C)N(C)C(=O)[C@@H]2CC(C)N(C(=O)[C@@H](C)NC(=O)[C@H](CC(C)C)N(C)C(=O)[C@H](NC(=O)[C@H](N(C)C(=O)[C@H](C)N(C)C(=O)OC(C)(C)C)C(C)(C)COC(=O)NC)C(C)C)[C@H](C)C(=O)N(C)[C@@H](CC(C)C)C(=O)N2C)[C@@H]1C(=O)N[C@H](CC)C(=O)OC. The Morgan fingerprint density at radius 3 is 1.80 bits per heavy atom. The highest BCUT2D eigenvalue weighted by atomic mass is 16.7. The van der Waals surface area contributed by atoms with Crippen LogP contribution < -0.4 is 21.3 Å². The van der Waals surface area contributed by atoms with E-state index in [4.69, 9.17) is 19.0 Å². The van der Waals surface area contributed by atoms with E-state index in [1.165, 1.54) is 102 Å². The zero-order valence-corrected chi connectivity index (χ0v) is 63.8. The Morgan fingerprint density at radius 1 is 0.724 bits per heavy atom. The molecule has 1 unspecified atom stereocenters. The third-order valence-electron chi connectivity index (χ3n) is 18.3. The van der Waals surface area contributed by atoms with Gasteiger partial charge in [-0.25, -0.2) is 19.4 Å². The lowest BCUT2D eigenvalue weighted by Crippen LogP contribution is -2.71. The van der Waals surface area contributed by atoms with Crippen molar-refractivity contribution in [2.45, 2.75) is 255 Å². The van der Waals surface area contributed by atoms with E-state index in [9.17, 15) is 43.2 Å². The quantitative estimate of drug-likeness (QED) is 0.0460. The maximum Gasteiger partial charge on any atom is 0.410 e. The van der Waals surface area contributed by atoms with Crippen LogP contribution in [0.4, 0.5) is 9.59 Å². The molecule has 0 aromatic heterocycles. The molecule has 29 nitrogen and oxygen atoms in total. The second-order valence-corrected chi connectivity index (χ2v) is 29.6. The van der Waals surface area contributed by atoms with E-state index in [1.807, 2.05) is 53.7 Å². The Hall–Kier alpha value is -7.59. The average Bonchev–Trinajstić information content (AvgIpc) is 0.758. The lowest BCUT2D eigenvalue weighted by atomic mass is 9.83. The minimum atomic E-state index is -1.45. The summed E-state index contributed by atoms with van der Waals surface area (Å²) in [6.45, 7) is 33.3. The zero-order valence-electron chi connectivity index (χ0n) is 63.8. The molecule has 2 saturated heterocycles. The van der Waals surface area contributed by atoms with E-state index in [1.54, 1.807) is 76.2 Å². The van der Waals surface area contributed by atoms with Crippen molar-refractivity contribution in [1.82, 2.24) is 60.6 Å². The summed E-state index contributed by atoms with van der Waals surface area (Å²) in [6.07, 6.45) is 1.91. The summed E-state index contributed by atoms with van der Waals surface area (Å²) < 4.78 is 15.8. The number of ether oxygens (including phenoxy) is 3. The van der Waals surface area contributed by atoms with E-state index >= 15 is 19.2 Å². The van der Waals surface area contributed by atoms with Gasteiger partial charge in [0.1, 0.15) is 78.7 Å².